The van der Waals surface area contributed by atoms with E-state index < -0.39 is 0 Å². The lowest BCUT2D eigenvalue weighted by Crippen LogP contribution is -2.17. The van der Waals surface area contributed by atoms with Crippen molar-refractivity contribution < 1.29 is 0 Å². The summed E-state index contributed by atoms with van der Waals surface area (Å²) in [5.41, 5.74) is 4.60. The summed E-state index contributed by atoms with van der Waals surface area (Å²) in [6, 6.07) is 8.30. The second-order valence-electron chi connectivity index (χ2n) is 4.91. The first-order valence-electron chi connectivity index (χ1n) is 6.79. The molecule has 20 heavy (non-hydrogen) atoms. The van der Waals surface area contributed by atoms with Crippen molar-refractivity contribution >= 4 is 21.6 Å². The van der Waals surface area contributed by atoms with Crippen LogP contribution in [0.3, 0.4) is 0 Å². The fraction of sp³-hybridized carbons (Fsp3) is 0.333. The van der Waals surface area contributed by atoms with E-state index in [-0.39, 0.29) is 0 Å². The van der Waals surface area contributed by atoms with Gasteiger partial charge in [-0.1, -0.05) is 12.1 Å². The molecule has 4 nitrogen and oxygen atoms in total. The van der Waals surface area contributed by atoms with E-state index in [2.05, 4.69) is 45.6 Å². The zero-order chi connectivity index (χ0) is 13.9. The molecule has 0 atom stereocenters. The molecule has 0 unspecified atom stereocenters. The predicted molar refractivity (Wildman–Crippen MR) is 83.1 cm³/mol. The number of hydrogen-bond acceptors (Lipinski definition) is 4. The summed E-state index contributed by atoms with van der Waals surface area (Å²) < 4.78 is 1.27. The standard InChI is InChI=1S/C15H18N4S/c1-10-12(11(2)19-18-10)9-16-8-7-15-17-13-5-3-4-6-14(13)20-15/h3-6,16H,7-9H2,1-2H3,(H,18,19). The van der Waals surface area contributed by atoms with Crippen LogP contribution >= 0.6 is 11.3 Å². The molecule has 0 fully saturated rings. The Morgan fingerprint density at radius 3 is 2.85 bits per heavy atom. The van der Waals surface area contributed by atoms with Crippen LogP contribution in [-0.2, 0) is 13.0 Å². The minimum atomic E-state index is 0.860. The lowest BCUT2D eigenvalue weighted by molar-refractivity contribution is 0.681. The fourth-order valence-electron chi connectivity index (χ4n) is 2.27. The predicted octanol–water partition coefficient (Wildman–Crippen LogP) is 2.97. The molecule has 0 aliphatic heterocycles. The summed E-state index contributed by atoms with van der Waals surface area (Å²) in [5.74, 6) is 0. The highest BCUT2D eigenvalue weighted by molar-refractivity contribution is 7.18. The molecule has 2 aromatic heterocycles. The van der Waals surface area contributed by atoms with Gasteiger partial charge in [-0.3, -0.25) is 5.10 Å². The third-order valence-electron chi connectivity index (χ3n) is 3.44. The Balaban J connectivity index is 1.55. The lowest BCUT2D eigenvalue weighted by atomic mass is 10.2. The number of nitrogens with one attached hydrogen (secondary N) is 2. The molecule has 5 heteroatoms. The van der Waals surface area contributed by atoms with Gasteiger partial charge in [-0.05, 0) is 26.0 Å². The van der Waals surface area contributed by atoms with E-state index in [1.165, 1.54) is 15.3 Å². The van der Waals surface area contributed by atoms with Crippen molar-refractivity contribution in [2.24, 2.45) is 0 Å². The maximum absolute atomic E-state index is 4.64. The summed E-state index contributed by atoms with van der Waals surface area (Å²) in [6.45, 7) is 5.89. The zero-order valence-corrected chi connectivity index (χ0v) is 12.5. The molecule has 1 aromatic carbocycles. The van der Waals surface area contributed by atoms with Gasteiger partial charge in [-0.25, -0.2) is 4.98 Å². The summed E-state index contributed by atoms with van der Waals surface area (Å²) in [7, 11) is 0. The van der Waals surface area contributed by atoms with Crippen LogP contribution < -0.4 is 5.32 Å². The van der Waals surface area contributed by atoms with Crippen LogP contribution in [0.15, 0.2) is 24.3 Å². The van der Waals surface area contributed by atoms with Crippen LogP contribution in [0, 0.1) is 13.8 Å². The molecule has 104 valence electrons. The van der Waals surface area contributed by atoms with Crippen molar-refractivity contribution in [3.8, 4) is 0 Å². The Labute approximate surface area is 122 Å². The number of aromatic amines is 1. The number of aromatic nitrogens is 3. The minimum Gasteiger partial charge on any atom is -0.312 e. The van der Waals surface area contributed by atoms with Crippen LogP contribution in [0.1, 0.15) is 22.0 Å². The van der Waals surface area contributed by atoms with E-state index in [9.17, 15) is 0 Å². The SMILES string of the molecule is Cc1n[nH]c(C)c1CNCCc1nc2ccccc2s1. The molecule has 0 saturated carbocycles. The van der Waals surface area contributed by atoms with Gasteiger partial charge in [0.25, 0.3) is 0 Å². The fourth-order valence-corrected chi connectivity index (χ4v) is 3.24. The topological polar surface area (TPSA) is 53.6 Å². The Kier molecular flexibility index (Phi) is 3.80. The average Bonchev–Trinajstić information content (AvgIpc) is 2.99. The number of fused-ring (bicyclic) bond motifs is 1. The number of rotatable bonds is 5. The van der Waals surface area contributed by atoms with Gasteiger partial charge >= 0.3 is 0 Å². The van der Waals surface area contributed by atoms with Crippen molar-refractivity contribution in [2.75, 3.05) is 6.54 Å². The van der Waals surface area contributed by atoms with E-state index >= 15 is 0 Å². The highest BCUT2D eigenvalue weighted by Gasteiger charge is 2.06. The molecule has 0 radical (unpaired) electrons. The van der Waals surface area contributed by atoms with Crippen molar-refractivity contribution in [1.29, 1.82) is 0 Å². The van der Waals surface area contributed by atoms with Gasteiger partial charge < -0.3 is 5.32 Å². The number of H-pyrrole nitrogens is 1. The number of benzene rings is 1. The largest absolute Gasteiger partial charge is 0.312 e. The van der Waals surface area contributed by atoms with E-state index in [1.54, 1.807) is 11.3 Å². The quantitative estimate of drug-likeness (QED) is 0.709. The van der Waals surface area contributed by atoms with Crippen LogP contribution in [-0.4, -0.2) is 21.7 Å². The third-order valence-corrected chi connectivity index (χ3v) is 4.53. The van der Waals surface area contributed by atoms with Gasteiger partial charge in [0.15, 0.2) is 0 Å². The molecule has 0 spiro atoms. The second-order valence-corrected chi connectivity index (χ2v) is 6.03. The average molecular weight is 286 g/mol. The van der Waals surface area contributed by atoms with Gasteiger partial charge in [-0.15, -0.1) is 11.3 Å². The third kappa shape index (κ3) is 2.73. The van der Waals surface area contributed by atoms with Crippen molar-refractivity contribution in [3.05, 3.63) is 46.2 Å². The van der Waals surface area contributed by atoms with Gasteiger partial charge in [-0.2, -0.15) is 5.10 Å². The minimum absolute atomic E-state index is 0.860. The molecule has 0 aliphatic rings. The maximum atomic E-state index is 4.64. The van der Waals surface area contributed by atoms with Crippen LogP contribution in [0.25, 0.3) is 10.2 Å². The monoisotopic (exact) mass is 286 g/mol. The molecule has 3 rings (SSSR count). The highest BCUT2D eigenvalue weighted by atomic mass is 32.1. The number of aryl methyl sites for hydroxylation is 2. The number of nitrogens with zero attached hydrogens (tertiary/aromatic N) is 2. The number of hydrogen-bond donors (Lipinski definition) is 2. The van der Waals surface area contributed by atoms with Gasteiger partial charge in [0, 0.05) is 30.8 Å². The molecular formula is C15H18N4S. The number of thiazole rings is 1. The van der Waals surface area contributed by atoms with Crippen LogP contribution in [0.4, 0.5) is 0 Å². The van der Waals surface area contributed by atoms with E-state index in [0.717, 1.165) is 36.4 Å². The van der Waals surface area contributed by atoms with E-state index in [1.807, 2.05) is 13.0 Å². The molecule has 3 aromatic rings. The first-order valence-corrected chi connectivity index (χ1v) is 7.61. The Bertz CT molecular complexity index is 661. The lowest BCUT2D eigenvalue weighted by Gasteiger charge is -2.03. The first kappa shape index (κ1) is 13.3. The Hall–Kier alpha value is -1.72. The van der Waals surface area contributed by atoms with E-state index in [0.29, 0.717) is 0 Å². The van der Waals surface area contributed by atoms with E-state index in [4.69, 9.17) is 0 Å². The molecule has 0 amide bonds. The molecule has 2 N–H and O–H groups in total. The maximum Gasteiger partial charge on any atom is 0.0951 e. The molecule has 0 saturated heterocycles. The summed E-state index contributed by atoms with van der Waals surface area (Å²) >= 11 is 1.78. The van der Waals surface area contributed by atoms with Crippen molar-refractivity contribution in [3.63, 3.8) is 0 Å². The van der Waals surface area contributed by atoms with Crippen LogP contribution in [0.2, 0.25) is 0 Å². The smallest absolute Gasteiger partial charge is 0.0951 e. The zero-order valence-electron chi connectivity index (χ0n) is 11.7. The molecule has 0 bridgehead atoms. The van der Waals surface area contributed by atoms with Gasteiger partial charge in [0.05, 0.1) is 20.9 Å². The molecule has 0 aliphatic carbocycles. The van der Waals surface area contributed by atoms with Gasteiger partial charge in [0.1, 0.15) is 0 Å². The first-order chi connectivity index (χ1) is 9.74. The molecular weight excluding hydrogens is 268 g/mol. The summed E-state index contributed by atoms with van der Waals surface area (Å²) in [5, 5.41) is 11.9. The molecule has 2 heterocycles. The van der Waals surface area contributed by atoms with Crippen LogP contribution in [0.5, 0.6) is 0 Å². The second kappa shape index (κ2) is 5.73. The normalized spacial score (nSPS) is 11.3. The van der Waals surface area contributed by atoms with Crippen molar-refractivity contribution in [1.82, 2.24) is 20.5 Å². The Morgan fingerprint density at radius 1 is 1.25 bits per heavy atom. The van der Waals surface area contributed by atoms with Crippen molar-refractivity contribution in [2.45, 2.75) is 26.8 Å². The highest BCUT2D eigenvalue weighted by Crippen LogP contribution is 2.21. The number of para-hydroxylation sites is 1. The summed E-state index contributed by atoms with van der Waals surface area (Å²) in [6.07, 6.45) is 0.968. The Morgan fingerprint density at radius 2 is 2.10 bits per heavy atom. The van der Waals surface area contributed by atoms with Gasteiger partial charge in [0.2, 0.25) is 0 Å². The summed E-state index contributed by atoms with van der Waals surface area (Å²) in [4.78, 5) is 4.64.